The third kappa shape index (κ3) is 8.92. The number of allylic oxidation sites excluding steroid dienone is 1. The van der Waals surface area contributed by atoms with E-state index in [1.165, 1.54) is 0 Å². The summed E-state index contributed by atoms with van der Waals surface area (Å²) in [7, 11) is 0. The molecule has 0 aromatic heterocycles. The molecule has 2 aliphatic rings. The summed E-state index contributed by atoms with van der Waals surface area (Å²) >= 11 is 0. The average molecular weight is 504 g/mol. The predicted molar refractivity (Wildman–Crippen MR) is 143 cm³/mol. The van der Waals surface area contributed by atoms with Crippen LogP contribution in [0.1, 0.15) is 73.1 Å². The third-order valence-corrected chi connectivity index (χ3v) is 6.35. The lowest BCUT2D eigenvalue weighted by molar-refractivity contribution is -0.129. The summed E-state index contributed by atoms with van der Waals surface area (Å²) in [4.78, 5) is 40.6. The molecule has 1 fully saturated rings. The van der Waals surface area contributed by atoms with Crippen LogP contribution in [0.25, 0.3) is 0 Å². The first kappa shape index (κ1) is 32.0. The van der Waals surface area contributed by atoms with Crippen LogP contribution < -0.4 is 10.6 Å². The zero-order valence-corrected chi connectivity index (χ0v) is 23.0. The number of nitrogens with zero attached hydrogens (tertiary/aromatic N) is 1. The van der Waals surface area contributed by atoms with E-state index in [1.807, 2.05) is 46.8 Å². The number of hydrogen-bond acceptors (Lipinski definition) is 6. The van der Waals surface area contributed by atoms with E-state index >= 15 is 0 Å². The first-order valence-electron chi connectivity index (χ1n) is 11.8. The van der Waals surface area contributed by atoms with Crippen LogP contribution in [-0.2, 0) is 14.3 Å². The number of ether oxygens (including phenoxy) is 1. The highest BCUT2D eigenvalue weighted by Crippen LogP contribution is 2.27. The Morgan fingerprint density at radius 2 is 1.79 bits per heavy atom. The van der Waals surface area contributed by atoms with Crippen molar-refractivity contribution in [3.05, 3.63) is 12.2 Å². The first-order valence-corrected chi connectivity index (χ1v) is 11.8. The molecule has 2 N–H and O–H groups in total. The molecule has 33 heavy (non-hydrogen) atoms. The molecule has 0 aromatic rings. The lowest BCUT2D eigenvalue weighted by Crippen LogP contribution is -2.61. The van der Waals surface area contributed by atoms with Gasteiger partial charge in [0.15, 0.2) is 11.6 Å². The lowest BCUT2D eigenvalue weighted by atomic mass is 9.84. The maximum absolute atomic E-state index is 13.3. The molecule has 0 radical (unpaired) electrons. The summed E-state index contributed by atoms with van der Waals surface area (Å²) in [6, 6.07) is 0.175. The molecular formula is C24H45N3O4S2. The fourth-order valence-corrected chi connectivity index (χ4v) is 4.64. The maximum Gasteiger partial charge on any atom is 0.410 e. The Morgan fingerprint density at radius 3 is 2.42 bits per heavy atom. The van der Waals surface area contributed by atoms with Gasteiger partial charge in [-0.15, -0.1) is 0 Å². The van der Waals surface area contributed by atoms with Gasteiger partial charge in [0.2, 0.25) is 0 Å². The molecule has 2 aliphatic heterocycles. The number of nitrogens with one attached hydrogen (secondary N) is 2. The second kappa shape index (κ2) is 14.4. The van der Waals surface area contributed by atoms with Gasteiger partial charge in [0.1, 0.15) is 6.61 Å². The van der Waals surface area contributed by atoms with Crippen LogP contribution in [0.4, 0.5) is 4.79 Å². The molecule has 2 bridgehead atoms. The number of cyclic esters (lactones) is 1. The van der Waals surface area contributed by atoms with Crippen molar-refractivity contribution < 1.29 is 19.1 Å². The van der Waals surface area contributed by atoms with Crippen molar-refractivity contribution in [3.63, 3.8) is 0 Å². The Kier molecular flexibility index (Phi) is 13.9. The van der Waals surface area contributed by atoms with Crippen LogP contribution in [-0.4, -0.2) is 65.9 Å². The van der Waals surface area contributed by atoms with Gasteiger partial charge in [-0.25, -0.2) is 4.79 Å². The number of amides is 1. The van der Waals surface area contributed by atoms with Gasteiger partial charge in [-0.2, -0.15) is 27.0 Å². The highest BCUT2D eigenvalue weighted by Gasteiger charge is 2.47. The van der Waals surface area contributed by atoms with Gasteiger partial charge in [0.05, 0.1) is 17.6 Å². The van der Waals surface area contributed by atoms with E-state index in [4.69, 9.17) is 4.74 Å². The highest BCUT2D eigenvalue weighted by atomic mass is 32.1. The van der Waals surface area contributed by atoms with Gasteiger partial charge < -0.3 is 15.0 Å². The summed E-state index contributed by atoms with van der Waals surface area (Å²) in [5, 5.41) is 6.76. The van der Waals surface area contributed by atoms with Crippen molar-refractivity contribution in [2.24, 2.45) is 5.92 Å². The fraction of sp³-hybridized carbons (Fsp3) is 0.792. The van der Waals surface area contributed by atoms with Gasteiger partial charge in [-0.3, -0.25) is 14.9 Å². The van der Waals surface area contributed by atoms with Crippen LogP contribution >= 0.6 is 27.0 Å². The normalized spacial score (nSPS) is 27.5. The maximum atomic E-state index is 13.3. The largest absolute Gasteiger partial charge is 0.445 e. The second-order valence-electron chi connectivity index (χ2n) is 9.83. The minimum atomic E-state index is -0.911. The quantitative estimate of drug-likeness (QED) is 0.572. The van der Waals surface area contributed by atoms with Crippen LogP contribution in [0.2, 0.25) is 0 Å². The summed E-state index contributed by atoms with van der Waals surface area (Å²) in [5.74, 6) is -0.106. The van der Waals surface area contributed by atoms with Crippen molar-refractivity contribution in [2.75, 3.05) is 26.2 Å². The van der Waals surface area contributed by atoms with Crippen molar-refractivity contribution in [2.45, 2.75) is 90.3 Å². The molecule has 7 nitrogen and oxygen atoms in total. The Bertz CT molecular complexity index is 687. The molecule has 0 saturated carbocycles. The summed E-state index contributed by atoms with van der Waals surface area (Å²) in [5.41, 5.74) is -1.56. The van der Waals surface area contributed by atoms with Gasteiger partial charge in [-0.1, -0.05) is 38.8 Å². The van der Waals surface area contributed by atoms with Gasteiger partial charge >= 0.3 is 6.09 Å². The molecule has 2 heterocycles. The lowest BCUT2D eigenvalue weighted by Gasteiger charge is -2.35. The van der Waals surface area contributed by atoms with E-state index in [9.17, 15) is 14.4 Å². The van der Waals surface area contributed by atoms with Crippen LogP contribution in [0.3, 0.4) is 0 Å². The van der Waals surface area contributed by atoms with Crippen LogP contribution in [0.5, 0.6) is 0 Å². The standard InChI is InChI=1S/C24H41N3O4.2H2S/c1-18(2)21(29)24-13-14-27(17-24)22(30)31-15-11-9-7-6-8-10-12-23(5,26-19(3)4)20(28)16-25-24;;/h9,11,18-19,25-26H,6-8,10,12-17H2,1-5H3;2*1H2/t23-,24-;;/m0../s1. The van der Waals surface area contributed by atoms with E-state index in [-0.39, 0.29) is 70.2 Å². The van der Waals surface area contributed by atoms with Crippen molar-refractivity contribution >= 4 is 44.7 Å². The summed E-state index contributed by atoms with van der Waals surface area (Å²) in [6.07, 6.45) is 8.70. The number of fused-ring (bicyclic) bond motifs is 2. The smallest absolute Gasteiger partial charge is 0.410 e. The van der Waals surface area contributed by atoms with Gasteiger partial charge in [0.25, 0.3) is 0 Å². The Hall–Kier alpha value is -1.03. The van der Waals surface area contributed by atoms with Gasteiger partial charge in [0, 0.05) is 25.0 Å². The number of carbonyl (C=O) groups is 3. The van der Waals surface area contributed by atoms with Crippen LogP contribution in [0.15, 0.2) is 12.2 Å². The second-order valence-corrected chi connectivity index (χ2v) is 9.83. The topological polar surface area (TPSA) is 87.7 Å². The Balaban J connectivity index is 0.00000512. The Labute approximate surface area is 213 Å². The van der Waals surface area contributed by atoms with Crippen LogP contribution in [0, 0.1) is 5.92 Å². The zero-order chi connectivity index (χ0) is 23.1. The minimum Gasteiger partial charge on any atom is -0.445 e. The van der Waals surface area contributed by atoms with E-state index < -0.39 is 17.2 Å². The monoisotopic (exact) mass is 503 g/mol. The zero-order valence-electron chi connectivity index (χ0n) is 21.0. The molecule has 0 aromatic carbocycles. The summed E-state index contributed by atoms with van der Waals surface area (Å²) in [6.45, 7) is 10.8. The molecule has 0 aliphatic carbocycles. The van der Waals surface area contributed by atoms with E-state index in [0.717, 1.165) is 32.1 Å². The molecule has 1 amide bonds. The SMILES string of the molecule is CC(C)N[C@@]1(C)CCCCCC=CCOC(=O)N2CC[C@@](C(=O)C(C)C)(C2)NCC1=O.S.S. The molecule has 0 spiro atoms. The van der Waals surface area contributed by atoms with Crippen molar-refractivity contribution in [1.82, 2.24) is 15.5 Å². The van der Waals surface area contributed by atoms with Crippen molar-refractivity contribution in [1.29, 1.82) is 0 Å². The Morgan fingerprint density at radius 1 is 1.09 bits per heavy atom. The van der Waals surface area contributed by atoms with Crippen molar-refractivity contribution in [3.8, 4) is 0 Å². The third-order valence-electron chi connectivity index (χ3n) is 6.35. The first-order chi connectivity index (χ1) is 14.6. The number of hydrogen-bond donors (Lipinski definition) is 2. The molecule has 1 saturated heterocycles. The number of carbonyl (C=O) groups excluding carboxylic acids is 3. The number of rotatable bonds is 4. The molecule has 0 unspecified atom stereocenters. The average Bonchev–Trinajstić information content (AvgIpc) is 3.14. The molecular weight excluding hydrogens is 458 g/mol. The summed E-state index contributed by atoms with van der Waals surface area (Å²) < 4.78 is 5.36. The molecule has 2 rings (SSSR count). The number of ketones is 2. The van der Waals surface area contributed by atoms with Gasteiger partial charge in [-0.05, 0) is 46.5 Å². The highest BCUT2D eigenvalue weighted by molar-refractivity contribution is 7.59. The molecule has 2 atom stereocenters. The molecule has 9 heteroatoms. The predicted octanol–water partition coefficient (Wildman–Crippen LogP) is 3.45. The minimum absolute atomic E-state index is 0. The number of Topliss-reactive ketones (excluding diaryl/α,β-unsaturated/α-hetero) is 2. The van der Waals surface area contributed by atoms with E-state index in [0.29, 0.717) is 13.0 Å². The fourth-order valence-electron chi connectivity index (χ4n) is 4.64. The molecule has 192 valence electrons. The van der Waals surface area contributed by atoms with E-state index in [2.05, 4.69) is 10.6 Å². The van der Waals surface area contributed by atoms with E-state index in [1.54, 1.807) is 4.90 Å².